The van der Waals surface area contributed by atoms with Gasteiger partial charge in [0.25, 0.3) is 5.91 Å². The van der Waals surface area contributed by atoms with E-state index >= 15 is 0 Å². The third-order valence-electron chi connectivity index (χ3n) is 4.69. The van der Waals surface area contributed by atoms with Crippen LogP contribution in [0.15, 0.2) is 18.2 Å². The molecule has 2 fully saturated rings. The van der Waals surface area contributed by atoms with Crippen LogP contribution in [0.3, 0.4) is 0 Å². The van der Waals surface area contributed by atoms with Crippen molar-refractivity contribution in [3.8, 4) is 5.75 Å². The highest BCUT2D eigenvalue weighted by Crippen LogP contribution is 2.27. The predicted octanol–water partition coefficient (Wildman–Crippen LogP) is 2.69. The topological polar surface area (TPSA) is 44.8 Å². The third kappa shape index (κ3) is 5.14. The van der Waals surface area contributed by atoms with Gasteiger partial charge in [0.15, 0.2) is 6.10 Å². The van der Waals surface area contributed by atoms with Gasteiger partial charge in [-0.3, -0.25) is 9.69 Å². The molecule has 2 heterocycles. The maximum absolute atomic E-state index is 12.6. The third-order valence-corrected chi connectivity index (χ3v) is 5.43. The summed E-state index contributed by atoms with van der Waals surface area (Å²) < 4.78 is 5.75. The first-order valence-electron chi connectivity index (χ1n) is 8.40. The van der Waals surface area contributed by atoms with Gasteiger partial charge in [-0.1, -0.05) is 23.2 Å². The number of ether oxygens (including phenoxy) is 1. The lowest BCUT2D eigenvalue weighted by molar-refractivity contribution is -0.137. The molecule has 3 rings (SSSR count). The molecule has 1 aromatic carbocycles. The van der Waals surface area contributed by atoms with Gasteiger partial charge in [0.2, 0.25) is 0 Å². The van der Waals surface area contributed by atoms with Crippen molar-refractivity contribution in [2.24, 2.45) is 0 Å². The van der Waals surface area contributed by atoms with Crippen LogP contribution in [0.5, 0.6) is 5.75 Å². The predicted molar refractivity (Wildman–Crippen MR) is 103 cm³/mol. The molecule has 25 heavy (non-hydrogen) atoms. The number of hydrogen-bond acceptors (Lipinski definition) is 4. The number of benzene rings is 1. The van der Waals surface area contributed by atoms with Crippen LogP contribution in [0, 0.1) is 0 Å². The molecule has 2 saturated heterocycles. The molecule has 0 bridgehead atoms. The number of amides is 1. The van der Waals surface area contributed by atoms with Crippen LogP contribution in [-0.4, -0.2) is 67.1 Å². The fourth-order valence-electron chi connectivity index (χ4n) is 3.35. The lowest BCUT2D eigenvalue weighted by Crippen LogP contribution is -2.50. The first-order chi connectivity index (χ1) is 11.5. The van der Waals surface area contributed by atoms with E-state index < -0.39 is 6.10 Å². The molecule has 2 atom stereocenters. The minimum Gasteiger partial charge on any atom is -0.481 e. The number of halogens is 3. The Morgan fingerprint density at radius 1 is 1.24 bits per heavy atom. The van der Waals surface area contributed by atoms with Crippen LogP contribution in [0.1, 0.15) is 13.3 Å². The molecule has 0 aliphatic carbocycles. The zero-order valence-corrected chi connectivity index (χ0v) is 16.5. The molecule has 8 heteroatoms. The van der Waals surface area contributed by atoms with E-state index in [0.29, 0.717) is 21.8 Å². The van der Waals surface area contributed by atoms with Gasteiger partial charge in [-0.2, -0.15) is 0 Å². The highest BCUT2D eigenvalue weighted by molar-refractivity contribution is 6.42. The average molecular weight is 409 g/mol. The summed E-state index contributed by atoms with van der Waals surface area (Å²) in [5, 5.41) is 4.26. The minimum absolute atomic E-state index is 0. The standard InChI is InChI=1S/C17H23Cl2N3O2.ClH/c1-12(24-14-2-3-15(18)16(19)10-14)17(23)22-7-4-13(11-22)21-8-5-20-6-9-21;/h2-3,10,12-13,20H,4-9,11H2,1H3;1H. The second-order valence-corrected chi connectivity index (χ2v) is 7.16. The molecular weight excluding hydrogens is 385 g/mol. The minimum atomic E-state index is -0.538. The van der Waals surface area contributed by atoms with Gasteiger partial charge in [-0.15, -0.1) is 12.4 Å². The normalized spacial score (nSPS) is 22.4. The Bertz CT molecular complexity index is 597. The Morgan fingerprint density at radius 3 is 2.64 bits per heavy atom. The molecule has 5 nitrogen and oxygen atoms in total. The smallest absolute Gasteiger partial charge is 0.263 e. The summed E-state index contributed by atoms with van der Waals surface area (Å²) in [4.78, 5) is 17.0. The van der Waals surface area contributed by atoms with Crippen LogP contribution >= 0.6 is 35.6 Å². The molecule has 1 aromatic rings. The second kappa shape index (κ2) is 9.28. The number of carbonyl (C=O) groups is 1. The van der Waals surface area contributed by atoms with Crippen molar-refractivity contribution < 1.29 is 9.53 Å². The molecular formula is C17H24Cl3N3O2. The lowest BCUT2D eigenvalue weighted by atomic mass is 10.2. The molecule has 2 aliphatic heterocycles. The Labute approximate surface area is 165 Å². The van der Waals surface area contributed by atoms with Crippen LogP contribution in [-0.2, 0) is 4.79 Å². The monoisotopic (exact) mass is 407 g/mol. The molecule has 2 aliphatic rings. The summed E-state index contributed by atoms with van der Waals surface area (Å²) >= 11 is 11.9. The van der Waals surface area contributed by atoms with E-state index in [9.17, 15) is 4.79 Å². The van der Waals surface area contributed by atoms with E-state index in [2.05, 4.69) is 10.2 Å². The van der Waals surface area contributed by atoms with Gasteiger partial charge in [-0.05, 0) is 25.5 Å². The van der Waals surface area contributed by atoms with E-state index in [1.54, 1.807) is 25.1 Å². The molecule has 0 spiro atoms. The van der Waals surface area contributed by atoms with Crippen molar-refractivity contribution >= 4 is 41.5 Å². The van der Waals surface area contributed by atoms with E-state index in [1.165, 1.54) is 0 Å². The van der Waals surface area contributed by atoms with Crippen molar-refractivity contribution in [3.63, 3.8) is 0 Å². The molecule has 0 radical (unpaired) electrons. The number of nitrogens with one attached hydrogen (secondary N) is 1. The Morgan fingerprint density at radius 2 is 1.96 bits per heavy atom. The fourth-order valence-corrected chi connectivity index (χ4v) is 3.64. The van der Waals surface area contributed by atoms with Crippen LogP contribution in [0.2, 0.25) is 10.0 Å². The highest BCUT2D eigenvalue weighted by atomic mass is 35.5. The number of likely N-dealkylation sites (tertiary alicyclic amines) is 1. The second-order valence-electron chi connectivity index (χ2n) is 6.35. The zero-order chi connectivity index (χ0) is 17.1. The Kier molecular flexibility index (Phi) is 7.65. The Hall–Kier alpha value is -0.720. The highest BCUT2D eigenvalue weighted by Gasteiger charge is 2.33. The number of hydrogen-bond donors (Lipinski definition) is 1. The van der Waals surface area contributed by atoms with Crippen LogP contribution in [0.4, 0.5) is 0 Å². The first kappa shape index (κ1) is 20.6. The van der Waals surface area contributed by atoms with Gasteiger partial charge in [-0.25, -0.2) is 0 Å². The fraction of sp³-hybridized carbons (Fsp3) is 0.588. The first-order valence-corrected chi connectivity index (χ1v) is 9.15. The maximum Gasteiger partial charge on any atom is 0.263 e. The van der Waals surface area contributed by atoms with E-state index in [-0.39, 0.29) is 18.3 Å². The van der Waals surface area contributed by atoms with Crippen molar-refractivity contribution in [2.75, 3.05) is 39.3 Å². The van der Waals surface area contributed by atoms with E-state index in [0.717, 1.165) is 45.7 Å². The molecule has 140 valence electrons. The molecule has 0 aromatic heterocycles. The molecule has 0 saturated carbocycles. The molecule has 1 N–H and O–H groups in total. The van der Waals surface area contributed by atoms with Crippen molar-refractivity contribution in [2.45, 2.75) is 25.5 Å². The van der Waals surface area contributed by atoms with E-state index in [1.807, 2.05) is 4.90 Å². The van der Waals surface area contributed by atoms with E-state index in [4.69, 9.17) is 27.9 Å². The number of carbonyl (C=O) groups excluding carboxylic acids is 1. The quantitative estimate of drug-likeness (QED) is 0.832. The summed E-state index contributed by atoms with van der Waals surface area (Å²) in [5.74, 6) is 0.585. The summed E-state index contributed by atoms with van der Waals surface area (Å²) in [7, 11) is 0. The van der Waals surface area contributed by atoms with Crippen LogP contribution < -0.4 is 10.1 Å². The van der Waals surface area contributed by atoms with Crippen molar-refractivity contribution in [1.82, 2.24) is 15.1 Å². The number of rotatable bonds is 4. The van der Waals surface area contributed by atoms with Gasteiger partial charge >= 0.3 is 0 Å². The number of nitrogens with zero attached hydrogens (tertiary/aromatic N) is 2. The summed E-state index contributed by atoms with van der Waals surface area (Å²) in [6.07, 6.45) is 0.495. The SMILES string of the molecule is CC(Oc1ccc(Cl)c(Cl)c1)C(=O)N1CCC(N2CCNCC2)C1.Cl. The maximum atomic E-state index is 12.6. The number of piperazine rings is 1. The Balaban J connectivity index is 0.00000225. The average Bonchev–Trinajstić information content (AvgIpc) is 3.08. The zero-order valence-electron chi connectivity index (χ0n) is 14.2. The van der Waals surface area contributed by atoms with Crippen molar-refractivity contribution in [3.05, 3.63) is 28.2 Å². The van der Waals surface area contributed by atoms with Crippen LogP contribution in [0.25, 0.3) is 0 Å². The summed E-state index contributed by atoms with van der Waals surface area (Å²) in [6, 6.07) is 5.51. The van der Waals surface area contributed by atoms with Crippen molar-refractivity contribution in [1.29, 1.82) is 0 Å². The molecule has 1 amide bonds. The van der Waals surface area contributed by atoms with Gasteiger partial charge in [0, 0.05) is 51.4 Å². The van der Waals surface area contributed by atoms with Gasteiger partial charge in [0.1, 0.15) is 5.75 Å². The summed E-state index contributed by atoms with van der Waals surface area (Å²) in [5.41, 5.74) is 0. The van der Waals surface area contributed by atoms with Gasteiger partial charge < -0.3 is 15.0 Å². The summed E-state index contributed by atoms with van der Waals surface area (Å²) in [6.45, 7) is 7.53. The molecule has 2 unspecified atom stereocenters. The van der Waals surface area contributed by atoms with Gasteiger partial charge in [0.05, 0.1) is 10.0 Å². The largest absolute Gasteiger partial charge is 0.481 e. The lowest BCUT2D eigenvalue weighted by Gasteiger charge is -2.32.